The number of aryl methyl sites for hydroxylation is 1. The average molecular weight is 417 g/mol. The summed E-state index contributed by atoms with van der Waals surface area (Å²) in [6, 6.07) is 10.8. The molecule has 1 aromatic heterocycles. The van der Waals surface area contributed by atoms with Crippen molar-refractivity contribution in [2.75, 3.05) is 11.9 Å². The fourth-order valence-corrected chi connectivity index (χ4v) is 4.95. The van der Waals surface area contributed by atoms with Crippen LogP contribution in [0.3, 0.4) is 0 Å². The van der Waals surface area contributed by atoms with Crippen LogP contribution in [0.4, 0.5) is 5.69 Å². The van der Waals surface area contributed by atoms with Gasteiger partial charge in [-0.3, -0.25) is 4.79 Å². The molecule has 23 heavy (non-hydrogen) atoms. The summed E-state index contributed by atoms with van der Waals surface area (Å²) in [7, 11) is -3.56. The maximum Gasteiger partial charge on any atom is 0.250 e. The number of thiophene rings is 1. The molecule has 1 aromatic carbocycles. The number of amides is 1. The standard InChI is InChI=1S/C15H17BrN2O3S2/c1-2-11-3-5-12(6-4-11)18-14(19)9-10-17-23(20,21)15-8-7-13(16)22-15/h3-8,17H,2,9-10H2,1H3,(H,18,19). The van der Waals surface area contributed by atoms with Crippen molar-refractivity contribution >= 4 is 48.9 Å². The van der Waals surface area contributed by atoms with Crippen molar-refractivity contribution in [3.05, 3.63) is 45.7 Å². The van der Waals surface area contributed by atoms with Crippen molar-refractivity contribution in [1.82, 2.24) is 4.72 Å². The van der Waals surface area contributed by atoms with Crippen molar-refractivity contribution < 1.29 is 13.2 Å². The molecule has 2 rings (SSSR count). The average Bonchev–Trinajstić information content (AvgIpc) is 2.95. The molecule has 5 nitrogen and oxygen atoms in total. The van der Waals surface area contributed by atoms with Gasteiger partial charge in [0.15, 0.2) is 0 Å². The lowest BCUT2D eigenvalue weighted by atomic mass is 10.1. The summed E-state index contributed by atoms with van der Waals surface area (Å²) in [6.07, 6.45) is 1.01. The topological polar surface area (TPSA) is 75.3 Å². The van der Waals surface area contributed by atoms with E-state index >= 15 is 0 Å². The molecular formula is C15H17BrN2O3S2. The molecule has 0 aliphatic carbocycles. The van der Waals surface area contributed by atoms with Crippen molar-refractivity contribution in [2.24, 2.45) is 0 Å². The zero-order valence-electron chi connectivity index (χ0n) is 12.5. The molecule has 8 heteroatoms. The maximum absolute atomic E-state index is 12.0. The summed E-state index contributed by atoms with van der Waals surface area (Å²) in [4.78, 5) is 11.8. The highest BCUT2D eigenvalue weighted by atomic mass is 79.9. The Balaban J connectivity index is 1.82. The van der Waals surface area contributed by atoms with Crippen LogP contribution in [0.5, 0.6) is 0 Å². The van der Waals surface area contributed by atoms with E-state index < -0.39 is 10.0 Å². The highest BCUT2D eigenvalue weighted by molar-refractivity contribution is 9.11. The molecule has 0 fully saturated rings. The molecule has 0 saturated heterocycles. The predicted octanol–water partition coefficient (Wildman–Crippen LogP) is 3.38. The van der Waals surface area contributed by atoms with Gasteiger partial charge in [-0.1, -0.05) is 19.1 Å². The second kappa shape index (κ2) is 8.05. The predicted molar refractivity (Wildman–Crippen MR) is 96.3 cm³/mol. The van der Waals surface area contributed by atoms with Crippen LogP contribution in [-0.4, -0.2) is 20.9 Å². The first-order valence-electron chi connectivity index (χ1n) is 7.04. The van der Waals surface area contributed by atoms with Crippen LogP contribution in [0.1, 0.15) is 18.9 Å². The van der Waals surface area contributed by atoms with E-state index in [1.165, 1.54) is 11.6 Å². The van der Waals surface area contributed by atoms with Crippen LogP contribution in [0, 0.1) is 0 Å². The number of halogens is 1. The van der Waals surface area contributed by atoms with E-state index in [2.05, 4.69) is 32.9 Å². The Bertz CT molecular complexity index is 770. The van der Waals surface area contributed by atoms with E-state index in [0.29, 0.717) is 5.69 Å². The number of sulfonamides is 1. The summed E-state index contributed by atoms with van der Waals surface area (Å²) >= 11 is 4.35. The van der Waals surface area contributed by atoms with Gasteiger partial charge in [-0.25, -0.2) is 13.1 Å². The molecule has 124 valence electrons. The van der Waals surface area contributed by atoms with Gasteiger partial charge < -0.3 is 5.32 Å². The van der Waals surface area contributed by atoms with Gasteiger partial charge in [0.1, 0.15) is 4.21 Å². The van der Waals surface area contributed by atoms with E-state index in [-0.39, 0.29) is 23.1 Å². The zero-order valence-corrected chi connectivity index (χ0v) is 15.7. The van der Waals surface area contributed by atoms with E-state index in [4.69, 9.17) is 0 Å². The smallest absolute Gasteiger partial charge is 0.250 e. The summed E-state index contributed by atoms with van der Waals surface area (Å²) in [5.74, 6) is -0.232. The van der Waals surface area contributed by atoms with Crippen molar-refractivity contribution in [2.45, 2.75) is 24.0 Å². The van der Waals surface area contributed by atoms with Crippen molar-refractivity contribution in [3.63, 3.8) is 0 Å². The van der Waals surface area contributed by atoms with Gasteiger partial charge in [-0.05, 0) is 52.2 Å². The van der Waals surface area contributed by atoms with E-state index in [0.717, 1.165) is 21.5 Å². The van der Waals surface area contributed by atoms with E-state index in [9.17, 15) is 13.2 Å². The number of rotatable bonds is 7. The summed E-state index contributed by atoms with van der Waals surface area (Å²) in [6.45, 7) is 2.11. The van der Waals surface area contributed by atoms with Gasteiger partial charge in [0.2, 0.25) is 15.9 Å². The van der Waals surface area contributed by atoms with Crippen molar-refractivity contribution in [1.29, 1.82) is 0 Å². The van der Waals surface area contributed by atoms with Gasteiger partial charge in [0.25, 0.3) is 0 Å². The first kappa shape index (κ1) is 18.1. The largest absolute Gasteiger partial charge is 0.326 e. The molecule has 0 atom stereocenters. The van der Waals surface area contributed by atoms with Crippen LogP contribution >= 0.6 is 27.3 Å². The SMILES string of the molecule is CCc1ccc(NC(=O)CCNS(=O)(=O)c2ccc(Br)s2)cc1. The Hall–Kier alpha value is -1.22. The Morgan fingerprint density at radius 1 is 1.17 bits per heavy atom. The van der Waals surface area contributed by atoms with E-state index in [1.807, 2.05) is 24.3 Å². The fraction of sp³-hybridized carbons (Fsp3) is 0.267. The summed E-state index contributed by atoms with van der Waals surface area (Å²) in [5.41, 5.74) is 1.90. The number of anilines is 1. The normalized spacial score (nSPS) is 11.4. The summed E-state index contributed by atoms with van der Waals surface area (Å²) < 4.78 is 27.4. The molecule has 1 amide bonds. The minimum atomic E-state index is -3.56. The number of hydrogen-bond acceptors (Lipinski definition) is 4. The third kappa shape index (κ3) is 5.42. The Morgan fingerprint density at radius 2 is 1.87 bits per heavy atom. The van der Waals surface area contributed by atoms with Crippen LogP contribution in [-0.2, 0) is 21.2 Å². The van der Waals surface area contributed by atoms with Crippen LogP contribution in [0.25, 0.3) is 0 Å². The number of carbonyl (C=O) groups is 1. The Labute approximate surface area is 148 Å². The lowest BCUT2D eigenvalue weighted by Gasteiger charge is -2.07. The molecule has 0 aliphatic heterocycles. The van der Waals surface area contributed by atoms with Crippen LogP contribution < -0.4 is 10.0 Å². The second-order valence-corrected chi connectivity index (χ2v) is 9.26. The van der Waals surface area contributed by atoms with Crippen LogP contribution in [0.15, 0.2) is 44.4 Å². The molecule has 2 aromatic rings. The number of carbonyl (C=O) groups excluding carboxylic acids is 1. The fourth-order valence-electron chi connectivity index (χ4n) is 1.86. The zero-order chi connectivity index (χ0) is 16.9. The monoisotopic (exact) mass is 416 g/mol. The number of hydrogen-bond donors (Lipinski definition) is 2. The molecule has 2 N–H and O–H groups in total. The molecule has 1 heterocycles. The molecule has 0 spiro atoms. The van der Waals surface area contributed by atoms with Crippen molar-refractivity contribution in [3.8, 4) is 0 Å². The number of benzene rings is 1. The summed E-state index contributed by atoms with van der Waals surface area (Å²) in [5, 5.41) is 2.74. The minimum Gasteiger partial charge on any atom is -0.326 e. The Kier molecular flexibility index (Phi) is 6.34. The van der Waals surface area contributed by atoms with Crippen LogP contribution in [0.2, 0.25) is 0 Å². The van der Waals surface area contributed by atoms with Gasteiger partial charge in [0, 0.05) is 18.7 Å². The molecule has 0 unspecified atom stereocenters. The molecule has 0 saturated carbocycles. The Morgan fingerprint density at radius 3 is 2.43 bits per heavy atom. The minimum absolute atomic E-state index is 0.0523. The van der Waals surface area contributed by atoms with Gasteiger partial charge in [0.05, 0.1) is 3.79 Å². The number of nitrogens with one attached hydrogen (secondary N) is 2. The second-order valence-electron chi connectivity index (χ2n) is 4.80. The van der Waals surface area contributed by atoms with Gasteiger partial charge in [-0.15, -0.1) is 11.3 Å². The molecular weight excluding hydrogens is 400 g/mol. The molecule has 0 aliphatic rings. The van der Waals surface area contributed by atoms with E-state index in [1.54, 1.807) is 6.07 Å². The lowest BCUT2D eigenvalue weighted by molar-refractivity contribution is -0.116. The third-order valence-electron chi connectivity index (χ3n) is 3.10. The highest BCUT2D eigenvalue weighted by Crippen LogP contribution is 2.25. The highest BCUT2D eigenvalue weighted by Gasteiger charge is 2.16. The quantitative estimate of drug-likeness (QED) is 0.725. The maximum atomic E-state index is 12.0. The molecule has 0 radical (unpaired) electrons. The molecule has 0 bridgehead atoms. The first-order chi connectivity index (χ1) is 10.9. The first-order valence-corrected chi connectivity index (χ1v) is 10.1. The lowest BCUT2D eigenvalue weighted by Crippen LogP contribution is -2.27. The third-order valence-corrected chi connectivity index (χ3v) is 6.68. The van der Waals surface area contributed by atoms with Gasteiger partial charge in [-0.2, -0.15) is 0 Å². The van der Waals surface area contributed by atoms with Gasteiger partial charge >= 0.3 is 0 Å².